The van der Waals surface area contributed by atoms with Crippen LogP contribution in [0.3, 0.4) is 0 Å². The molecule has 40 heavy (non-hydrogen) atoms. The Kier molecular flexibility index (Phi) is 18.7. The zero-order valence-electron chi connectivity index (χ0n) is 24.5. The van der Waals surface area contributed by atoms with Crippen molar-refractivity contribution >= 4 is 17.4 Å². The van der Waals surface area contributed by atoms with Crippen molar-refractivity contribution in [3.05, 3.63) is 48.3 Å². The van der Waals surface area contributed by atoms with E-state index in [2.05, 4.69) is 54.3 Å². The first kappa shape index (κ1) is 37.8. The topological polar surface area (TPSA) is 74.3 Å². The Morgan fingerprint density at radius 1 is 1.27 bits per heavy atom. The van der Waals surface area contributed by atoms with Gasteiger partial charge in [0.25, 0.3) is 0 Å². The highest BCUT2D eigenvalue weighted by Gasteiger charge is 2.46. The number of hydrogen-bond acceptors (Lipinski definition) is 5. The van der Waals surface area contributed by atoms with E-state index in [-0.39, 0.29) is 18.1 Å². The summed E-state index contributed by atoms with van der Waals surface area (Å²) in [6.45, 7) is 9.90. The Bertz CT molecular complexity index is 868. The van der Waals surface area contributed by atoms with Crippen LogP contribution in [0.15, 0.2) is 53.3 Å². The predicted molar refractivity (Wildman–Crippen MR) is 160 cm³/mol. The number of hydrogen-bond donors (Lipinski definition) is 2. The second-order valence-corrected chi connectivity index (χ2v) is 10.5. The first-order valence-electron chi connectivity index (χ1n) is 13.5. The molecular weight excluding hydrogens is 541 g/mol. The minimum absolute atomic E-state index is 0.0360. The lowest BCUT2D eigenvalue weighted by Crippen LogP contribution is -2.49. The van der Waals surface area contributed by atoms with Crippen LogP contribution >= 0.6 is 11.6 Å². The summed E-state index contributed by atoms with van der Waals surface area (Å²) in [5, 5.41) is 6.50. The fraction of sp³-hybridized carbons (Fsp3) is 0.633. The molecule has 1 heterocycles. The number of terminal acetylenes is 1. The van der Waals surface area contributed by atoms with E-state index >= 15 is 0 Å². The molecule has 0 aromatic heterocycles. The lowest BCUT2D eigenvalue weighted by Gasteiger charge is -2.53. The fourth-order valence-electron chi connectivity index (χ4n) is 5.33. The number of nitrogens with two attached hydrogens (primary N) is 1. The van der Waals surface area contributed by atoms with Crippen LogP contribution in [0.1, 0.15) is 52.4 Å². The van der Waals surface area contributed by atoms with E-state index in [1.807, 2.05) is 4.90 Å². The van der Waals surface area contributed by atoms with Crippen molar-refractivity contribution in [3.63, 3.8) is 0 Å². The number of rotatable bonds is 12. The summed E-state index contributed by atoms with van der Waals surface area (Å²) in [6, 6.07) is 0.269. The molecule has 2 rings (SSSR count). The SMILES string of the molecule is C#C.C=C(/C=C\C=C(/C)[C@@H](CN(C)CCC1CC2(CCN(C(/C=C\CC)=N/CCl)CC2)C1)C(F)(F)F)OC.NO. The standard InChI is InChI=1S/C28H43ClF3N3O.C2H2.H3NO/c1-6-7-11-26(33-21-29)35-16-13-27(14-17-35)18-24(19-27)12-15-34(4)20-25(28(30,31)32)22(2)9-8-10-23(3)36-5;2*1-2/h7-11,24-25H,3,6,12-21H2,1-2,4-5H3;1-2H;2H,1H2/b10-8-,11-7-,22-9+,33-26+;;/t25-;;/m1../s1. The summed E-state index contributed by atoms with van der Waals surface area (Å²) in [7, 11) is 3.27. The van der Waals surface area contributed by atoms with Crippen LogP contribution in [0.5, 0.6) is 0 Å². The van der Waals surface area contributed by atoms with Crippen molar-refractivity contribution in [2.45, 2.75) is 58.5 Å². The monoisotopic (exact) mass is 588 g/mol. The molecular formula is C30H48ClF3N4O2. The van der Waals surface area contributed by atoms with Gasteiger partial charge in [-0.05, 0) is 82.5 Å². The normalized spacial score (nSPS) is 18.7. The number of amidine groups is 1. The van der Waals surface area contributed by atoms with Gasteiger partial charge in [-0.3, -0.25) is 4.99 Å². The molecule has 0 bridgehead atoms. The Hall–Kier alpha value is -2.25. The Morgan fingerprint density at radius 2 is 1.88 bits per heavy atom. The third-order valence-electron chi connectivity index (χ3n) is 7.58. The predicted octanol–water partition coefficient (Wildman–Crippen LogP) is 6.79. The van der Waals surface area contributed by atoms with E-state index in [1.54, 1.807) is 19.2 Å². The number of likely N-dealkylation sites (tertiary alicyclic amines) is 1. The molecule has 1 saturated heterocycles. The second kappa shape index (κ2) is 19.8. The molecule has 1 aliphatic carbocycles. The lowest BCUT2D eigenvalue weighted by molar-refractivity contribution is -0.167. The van der Waals surface area contributed by atoms with Gasteiger partial charge in [-0.15, -0.1) is 24.4 Å². The third kappa shape index (κ3) is 12.9. The van der Waals surface area contributed by atoms with Crippen LogP contribution in [0.4, 0.5) is 13.2 Å². The second-order valence-electron chi connectivity index (χ2n) is 10.3. The smallest absolute Gasteiger partial charge is 0.396 e. The van der Waals surface area contributed by atoms with Gasteiger partial charge in [0.05, 0.1) is 13.0 Å². The van der Waals surface area contributed by atoms with E-state index < -0.39 is 12.1 Å². The number of allylic oxidation sites excluding steroid dienone is 4. The number of alkyl halides is 4. The summed E-state index contributed by atoms with van der Waals surface area (Å²) in [6.07, 6.45) is 19.1. The molecule has 1 spiro atoms. The van der Waals surface area contributed by atoms with Crippen LogP contribution < -0.4 is 5.90 Å². The van der Waals surface area contributed by atoms with Gasteiger partial charge in [0, 0.05) is 19.6 Å². The van der Waals surface area contributed by atoms with Crippen LogP contribution in [0, 0.1) is 30.1 Å². The van der Waals surface area contributed by atoms with Crippen molar-refractivity contribution in [1.82, 2.24) is 9.80 Å². The van der Waals surface area contributed by atoms with Crippen molar-refractivity contribution in [2.75, 3.05) is 46.3 Å². The summed E-state index contributed by atoms with van der Waals surface area (Å²) in [5.41, 5.74) is 0.682. The quantitative estimate of drug-likeness (QED) is 0.0384. The molecule has 6 nitrogen and oxygen atoms in total. The van der Waals surface area contributed by atoms with Gasteiger partial charge in [0.15, 0.2) is 0 Å². The van der Waals surface area contributed by atoms with E-state index in [9.17, 15) is 13.2 Å². The molecule has 0 aromatic carbocycles. The molecule has 1 saturated carbocycles. The van der Waals surface area contributed by atoms with E-state index in [1.165, 1.54) is 33.0 Å². The van der Waals surface area contributed by atoms with Gasteiger partial charge >= 0.3 is 6.18 Å². The molecule has 0 unspecified atom stereocenters. The average molecular weight is 589 g/mol. The first-order valence-corrected chi connectivity index (χ1v) is 14.0. The summed E-state index contributed by atoms with van der Waals surface area (Å²) in [5.74, 6) is 3.98. The summed E-state index contributed by atoms with van der Waals surface area (Å²) >= 11 is 5.85. The fourth-order valence-corrected chi connectivity index (χ4v) is 5.46. The van der Waals surface area contributed by atoms with E-state index in [0.29, 0.717) is 23.6 Å². The van der Waals surface area contributed by atoms with Crippen LogP contribution in [-0.2, 0) is 4.74 Å². The van der Waals surface area contributed by atoms with Crippen molar-refractivity contribution < 1.29 is 23.1 Å². The third-order valence-corrected chi connectivity index (χ3v) is 7.70. The summed E-state index contributed by atoms with van der Waals surface area (Å²) in [4.78, 5) is 8.60. The Labute approximate surface area is 244 Å². The van der Waals surface area contributed by atoms with Gasteiger partial charge in [0.2, 0.25) is 0 Å². The molecule has 2 aliphatic rings. The maximum Gasteiger partial charge on any atom is 0.396 e. The van der Waals surface area contributed by atoms with Crippen LogP contribution in [-0.4, -0.2) is 73.4 Å². The van der Waals surface area contributed by atoms with Crippen molar-refractivity contribution in [3.8, 4) is 12.8 Å². The van der Waals surface area contributed by atoms with Crippen molar-refractivity contribution in [2.24, 2.45) is 28.1 Å². The molecule has 0 radical (unpaired) electrons. The highest BCUT2D eigenvalue weighted by Crippen LogP contribution is 2.53. The van der Waals surface area contributed by atoms with Gasteiger partial charge in [-0.25, -0.2) is 5.90 Å². The molecule has 1 aliphatic heterocycles. The largest absolute Gasteiger partial charge is 0.497 e. The highest BCUT2D eigenvalue weighted by atomic mass is 35.5. The molecule has 10 heteroatoms. The zero-order valence-corrected chi connectivity index (χ0v) is 25.2. The van der Waals surface area contributed by atoms with Gasteiger partial charge < -0.3 is 19.7 Å². The van der Waals surface area contributed by atoms with Crippen LogP contribution in [0.25, 0.3) is 0 Å². The number of ether oxygens (including phenoxy) is 1. The van der Waals surface area contributed by atoms with Gasteiger partial charge in [-0.1, -0.05) is 37.3 Å². The lowest BCUT2D eigenvalue weighted by atomic mass is 9.57. The van der Waals surface area contributed by atoms with E-state index in [0.717, 1.165) is 44.6 Å². The highest BCUT2D eigenvalue weighted by molar-refractivity contribution is 6.18. The molecule has 3 N–H and O–H groups in total. The number of halogens is 4. The van der Waals surface area contributed by atoms with E-state index in [4.69, 9.17) is 21.5 Å². The maximum atomic E-state index is 13.7. The minimum Gasteiger partial charge on any atom is -0.497 e. The minimum atomic E-state index is -4.28. The van der Waals surface area contributed by atoms with Crippen molar-refractivity contribution in [1.29, 1.82) is 0 Å². The molecule has 0 aromatic rings. The summed E-state index contributed by atoms with van der Waals surface area (Å²) < 4.78 is 46.2. The molecule has 1 atom stereocenters. The maximum absolute atomic E-state index is 13.7. The van der Waals surface area contributed by atoms with Crippen LogP contribution in [0.2, 0.25) is 0 Å². The Morgan fingerprint density at radius 3 is 2.38 bits per heavy atom. The average Bonchev–Trinajstić information content (AvgIpc) is 2.93. The number of aliphatic imine (C=N–C) groups is 1. The number of methoxy groups -OCH3 is 1. The number of piperidine rings is 1. The molecule has 228 valence electrons. The molecule has 0 amide bonds. The van der Waals surface area contributed by atoms with Gasteiger partial charge in [-0.2, -0.15) is 13.2 Å². The zero-order chi connectivity index (χ0) is 30.8. The number of nitrogens with zero attached hydrogens (tertiary/aromatic N) is 3. The van der Waals surface area contributed by atoms with Gasteiger partial charge in [0.1, 0.15) is 17.6 Å². The Balaban J connectivity index is 0.00000363. The molecule has 2 fully saturated rings. The first-order chi connectivity index (χ1) is 19.0.